The number of anilines is 1. The molecule has 144 valence electrons. The molecule has 0 unspecified atom stereocenters. The van der Waals surface area contributed by atoms with E-state index in [0.717, 1.165) is 34.4 Å². The largest absolute Gasteiger partial charge is 0.324 e. The fourth-order valence-corrected chi connectivity index (χ4v) is 3.16. The second-order valence-electron chi connectivity index (χ2n) is 7.00. The minimum atomic E-state index is -0.734. The number of aromatic nitrogens is 2. The Balaban J connectivity index is 1.93. The van der Waals surface area contributed by atoms with Gasteiger partial charge in [0.25, 0.3) is 5.56 Å². The summed E-state index contributed by atoms with van der Waals surface area (Å²) in [5.41, 5.74) is 5.32. The van der Waals surface area contributed by atoms with Crippen molar-refractivity contribution in [3.8, 4) is 11.3 Å². The van der Waals surface area contributed by atoms with Crippen LogP contribution in [-0.4, -0.2) is 15.7 Å². The van der Waals surface area contributed by atoms with Crippen LogP contribution in [0.25, 0.3) is 11.3 Å². The monoisotopic (exact) mass is 375 g/mol. The van der Waals surface area contributed by atoms with Crippen molar-refractivity contribution >= 4 is 11.6 Å². The highest BCUT2D eigenvalue weighted by Crippen LogP contribution is 2.22. The van der Waals surface area contributed by atoms with Gasteiger partial charge in [0.05, 0.1) is 5.69 Å². The fourth-order valence-electron chi connectivity index (χ4n) is 3.16. The molecule has 0 aliphatic heterocycles. The Hall–Kier alpha value is -3.21. The van der Waals surface area contributed by atoms with Crippen LogP contribution in [0, 0.1) is 13.8 Å². The fraction of sp³-hybridized carbons (Fsp3) is 0.261. The molecular formula is C23H25N3O2. The Bertz CT molecular complexity index is 1070. The van der Waals surface area contributed by atoms with E-state index in [1.165, 1.54) is 10.7 Å². The molecule has 0 radical (unpaired) electrons. The van der Waals surface area contributed by atoms with Crippen molar-refractivity contribution in [2.75, 3.05) is 5.32 Å². The van der Waals surface area contributed by atoms with Crippen LogP contribution < -0.4 is 10.9 Å². The van der Waals surface area contributed by atoms with Crippen LogP contribution in [0.1, 0.15) is 36.6 Å². The van der Waals surface area contributed by atoms with Crippen LogP contribution in [0.4, 0.5) is 5.69 Å². The molecule has 1 amide bonds. The van der Waals surface area contributed by atoms with E-state index in [2.05, 4.69) is 10.4 Å². The van der Waals surface area contributed by atoms with E-state index in [9.17, 15) is 9.59 Å². The highest BCUT2D eigenvalue weighted by molar-refractivity contribution is 5.94. The third kappa shape index (κ3) is 4.03. The predicted octanol–water partition coefficient (Wildman–Crippen LogP) is 4.29. The van der Waals surface area contributed by atoms with E-state index in [1.807, 2.05) is 63.2 Å². The van der Waals surface area contributed by atoms with Gasteiger partial charge in [0, 0.05) is 17.3 Å². The van der Waals surface area contributed by atoms with Gasteiger partial charge in [-0.3, -0.25) is 9.59 Å². The molecule has 0 fully saturated rings. The van der Waals surface area contributed by atoms with Gasteiger partial charge in [0.2, 0.25) is 5.91 Å². The van der Waals surface area contributed by atoms with E-state index < -0.39 is 6.04 Å². The molecule has 1 N–H and O–H groups in total. The van der Waals surface area contributed by atoms with E-state index in [1.54, 1.807) is 13.0 Å². The summed E-state index contributed by atoms with van der Waals surface area (Å²) in [6.45, 7) is 7.74. The molecule has 2 aromatic carbocycles. The zero-order valence-electron chi connectivity index (χ0n) is 16.7. The standard InChI is InChI=1S/C23H25N3O2/c1-5-18-8-6-7-9-20(18)24-23(28)17(4)26-22(27)13-12-21(25-26)19-14-15(2)10-11-16(19)3/h6-14,17H,5H2,1-4H3,(H,24,28)/t17-/m1/s1. The van der Waals surface area contributed by atoms with Gasteiger partial charge in [0.15, 0.2) is 0 Å². The molecule has 5 nitrogen and oxygen atoms in total. The normalized spacial score (nSPS) is 11.9. The van der Waals surface area contributed by atoms with Gasteiger partial charge in [-0.25, -0.2) is 4.68 Å². The second-order valence-corrected chi connectivity index (χ2v) is 7.00. The Labute approximate surface area is 165 Å². The number of rotatable bonds is 5. The SMILES string of the molecule is CCc1ccccc1NC(=O)[C@@H](C)n1nc(-c2cc(C)ccc2C)ccc1=O. The Morgan fingerprint density at radius 1 is 1.11 bits per heavy atom. The van der Waals surface area contributed by atoms with E-state index >= 15 is 0 Å². The number of carbonyl (C=O) groups excluding carboxylic acids is 1. The lowest BCUT2D eigenvalue weighted by atomic mass is 10.0. The predicted molar refractivity (Wildman–Crippen MR) is 113 cm³/mol. The lowest BCUT2D eigenvalue weighted by Gasteiger charge is -2.17. The summed E-state index contributed by atoms with van der Waals surface area (Å²) in [4.78, 5) is 25.2. The molecule has 1 aromatic heterocycles. The van der Waals surface area contributed by atoms with E-state index in [4.69, 9.17) is 0 Å². The zero-order chi connectivity index (χ0) is 20.3. The van der Waals surface area contributed by atoms with Gasteiger partial charge < -0.3 is 5.32 Å². The maximum Gasteiger partial charge on any atom is 0.267 e. The summed E-state index contributed by atoms with van der Waals surface area (Å²) in [5, 5.41) is 7.42. The maximum atomic E-state index is 12.8. The topological polar surface area (TPSA) is 64.0 Å². The average Bonchev–Trinajstić information content (AvgIpc) is 2.70. The summed E-state index contributed by atoms with van der Waals surface area (Å²) < 4.78 is 1.25. The van der Waals surface area contributed by atoms with Crippen LogP contribution in [0.15, 0.2) is 59.4 Å². The number of amides is 1. The van der Waals surface area contributed by atoms with Gasteiger partial charge >= 0.3 is 0 Å². The molecule has 0 saturated heterocycles. The number of carbonyl (C=O) groups is 1. The average molecular weight is 375 g/mol. The molecule has 5 heteroatoms. The lowest BCUT2D eigenvalue weighted by Crippen LogP contribution is -2.33. The first-order valence-electron chi connectivity index (χ1n) is 9.47. The number of nitrogens with one attached hydrogen (secondary N) is 1. The molecule has 0 saturated carbocycles. The third-order valence-electron chi connectivity index (χ3n) is 4.90. The highest BCUT2D eigenvalue weighted by atomic mass is 16.2. The third-order valence-corrected chi connectivity index (χ3v) is 4.90. The number of hydrogen-bond donors (Lipinski definition) is 1. The Morgan fingerprint density at radius 3 is 2.61 bits per heavy atom. The molecule has 0 bridgehead atoms. The summed E-state index contributed by atoms with van der Waals surface area (Å²) in [6, 6.07) is 16.2. The summed E-state index contributed by atoms with van der Waals surface area (Å²) in [6.07, 6.45) is 0.811. The van der Waals surface area contributed by atoms with Crippen LogP contribution in [-0.2, 0) is 11.2 Å². The molecule has 1 atom stereocenters. The van der Waals surface area contributed by atoms with Crippen molar-refractivity contribution in [2.24, 2.45) is 0 Å². The number of nitrogens with zero attached hydrogens (tertiary/aromatic N) is 2. The van der Waals surface area contributed by atoms with Crippen LogP contribution in [0.2, 0.25) is 0 Å². The molecule has 1 heterocycles. The smallest absolute Gasteiger partial charge is 0.267 e. The summed E-state index contributed by atoms with van der Waals surface area (Å²) >= 11 is 0. The first kappa shape index (κ1) is 19.5. The van der Waals surface area contributed by atoms with Gasteiger partial charge in [0.1, 0.15) is 6.04 Å². The Morgan fingerprint density at radius 2 is 1.86 bits per heavy atom. The summed E-state index contributed by atoms with van der Waals surface area (Å²) in [7, 11) is 0. The van der Waals surface area contributed by atoms with Crippen LogP contribution in [0.3, 0.4) is 0 Å². The van der Waals surface area contributed by atoms with Crippen molar-refractivity contribution in [3.05, 3.63) is 81.6 Å². The molecule has 0 aliphatic carbocycles. The number of benzene rings is 2. The van der Waals surface area contributed by atoms with Crippen molar-refractivity contribution in [1.82, 2.24) is 9.78 Å². The molecule has 0 aliphatic rings. The second kappa shape index (κ2) is 8.21. The maximum absolute atomic E-state index is 12.8. The first-order valence-corrected chi connectivity index (χ1v) is 9.47. The van der Waals surface area contributed by atoms with Crippen molar-refractivity contribution in [2.45, 2.75) is 40.2 Å². The molecular weight excluding hydrogens is 350 g/mol. The highest BCUT2D eigenvalue weighted by Gasteiger charge is 2.19. The van der Waals surface area contributed by atoms with Gasteiger partial charge in [-0.1, -0.05) is 42.8 Å². The number of hydrogen-bond acceptors (Lipinski definition) is 3. The van der Waals surface area contributed by atoms with Gasteiger partial charge in [-0.15, -0.1) is 0 Å². The summed E-state index contributed by atoms with van der Waals surface area (Å²) in [5.74, 6) is -0.270. The lowest BCUT2D eigenvalue weighted by molar-refractivity contribution is -0.119. The zero-order valence-corrected chi connectivity index (χ0v) is 16.7. The molecule has 3 aromatic rings. The van der Waals surface area contributed by atoms with Crippen LogP contribution >= 0.6 is 0 Å². The number of aryl methyl sites for hydroxylation is 3. The quantitative estimate of drug-likeness (QED) is 0.723. The van der Waals surface area contributed by atoms with Gasteiger partial charge in [-0.2, -0.15) is 5.10 Å². The number of para-hydroxylation sites is 1. The molecule has 0 spiro atoms. The van der Waals surface area contributed by atoms with E-state index in [0.29, 0.717) is 5.69 Å². The first-order chi connectivity index (χ1) is 13.4. The Kier molecular flexibility index (Phi) is 5.73. The van der Waals surface area contributed by atoms with Crippen molar-refractivity contribution in [3.63, 3.8) is 0 Å². The molecule has 3 rings (SSSR count). The van der Waals surface area contributed by atoms with Gasteiger partial charge in [-0.05, 0) is 56.5 Å². The van der Waals surface area contributed by atoms with Crippen LogP contribution in [0.5, 0.6) is 0 Å². The van der Waals surface area contributed by atoms with Crippen molar-refractivity contribution in [1.29, 1.82) is 0 Å². The molecule has 28 heavy (non-hydrogen) atoms. The minimum Gasteiger partial charge on any atom is -0.324 e. The minimum absolute atomic E-state index is 0.270. The van der Waals surface area contributed by atoms with E-state index in [-0.39, 0.29) is 11.5 Å². The van der Waals surface area contributed by atoms with Crippen molar-refractivity contribution < 1.29 is 4.79 Å².